The number of benzene rings is 1. The Labute approximate surface area is 163 Å². The third-order valence-electron chi connectivity index (χ3n) is 5.81. The molecule has 2 fully saturated rings. The number of aromatic nitrogens is 4. The van der Waals surface area contributed by atoms with Gasteiger partial charge in [0, 0.05) is 31.7 Å². The lowest BCUT2D eigenvalue weighted by molar-refractivity contribution is 0.178. The first-order valence-electron chi connectivity index (χ1n) is 9.74. The highest BCUT2D eigenvalue weighted by Crippen LogP contribution is 2.40. The minimum Gasteiger partial charge on any atom is -0.488 e. The quantitative estimate of drug-likeness (QED) is 0.703. The van der Waals surface area contributed by atoms with E-state index in [1.165, 1.54) is 4.68 Å². The van der Waals surface area contributed by atoms with Gasteiger partial charge in [-0.3, -0.25) is 0 Å². The Hall–Kier alpha value is -3.09. The smallest absolute Gasteiger partial charge is 0.344 e. The summed E-state index contributed by atoms with van der Waals surface area (Å²) in [7, 11) is 0. The van der Waals surface area contributed by atoms with Gasteiger partial charge in [-0.2, -0.15) is 14.9 Å². The Bertz CT molecular complexity index is 966. The lowest BCUT2D eigenvalue weighted by atomic mass is 10.0. The van der Waals surface area contributed by atoms with Crippen molar-refractivity contribution in [2.45, 2.75) is 25.9 Å². The minimum atomic E-state index is -0.0241. The van der Waals surface area contributed by atoms with Crippen LogP contribution in [0.5, 0.6) is 5.75 Å². The molecule has 1 amide bonds. The van der Waals surface area contributed by atoms with Crippen LogP contribution in [0, 0.1) is 18.8 Å². The van der Waals surface area contributed by atoms with E-state index in [2.05, 4.69) is 10.2 Å². The van der Waals surface area contributed by atoms with Gasteiger partial charge in [0.15, 0.2) is 0 Å². The number of nitrogens with zero attached hydrogens (tertiary/aromatic N) is 5. The largest absolute Gasteiger partial charge is 0.488 e. The van der Waals surface area contributed by atoms with Crippen molar-refractivity contribution < 1.29 is 9.53 Å². The van der Waals surface area contributed by atoms with Crippen LogP contribution in [0.2, 0.25) is 0 Å². The van der Waals surface area contributed by atoms with Crippen molar-refractivity contribution in [2.75, 3.05) is 13.1 Å². The highest BCUT2D eigenvalue weighted by molar-refractivity contribution is 5.76. The summed E-state index contributed by atoms with van der Waals surface area (Å²) in [5.74, 6) is 1.83. The van der Waals surface area contributed by atoms with Crippen molar-refractivity contribution in [3.63, 3.8) is 0 Å². The maximum Gasteiger partial charge on any atom is 0.344 e. The van der Waals surface area contributed by atoms with Gasteiger partial charge in [0.1, 0.15) is 11.4 Å². The second-order valence-corrected chi connectivity index (χ2v) is 7.74. The molecule has 2 unspecified atom stereocenters. The Morgan fingerprint density at radius 1 is 1.07 bits per heavy atom. The van der Waals surface area contributed by atoms with Crippen molar-refractivity contribution in [1.82, 2.24) is 24.5 Å². The number of hydrogen-bond donors (Lipinski definition) is 0. The lowest BCUT2D eigenvalue weighted by Crippen LogP contribution is -2.34. The van der Waals surface area contributed by atoms with Gasteiger partial charge in [-0.1, -0.05) is 12.1 Å². The van der Waals surface area contributed by atoms with Crippen molar-refractivity contribution in [3.05, 3.63) is 60.7 Å². The summed E-state index contributed by atoms with van der Waals surface area (Å²) in [6, 6.07) is 11.7. The molecule has 0 bridgehead atoms. The molecule has 1 saturated heterocycles. The topological polar surface area (TPSA) is 65.2 Å². The Morgan fingerprint density at radius 3 is 2.54 bits per heavy atom. The van der Waals surface area contributed by atoms with Crippen LogP contribution < -0.4 is 4.74 Å². The minimum absolute atomic E-state index is 0.0241. The highest BCUT2D eigenvalue weighted by atomic mass is 16.5. The van der Waals surface area contributed by atoms with Gasteiger partial charge in [0.2, 0.25) is 0 Å². The molecule has 2 aromatic heterocycles. The average Bonchev–Trinajstić information content (AvgIpc) is 3.46. The van der Waals surface area contributed by atoms with E-state index in [4.69, 9.17) is 4.74 Å². The second kappa shape index (κ2) is 6.82. The molecule has 144 valence electrons. The first-order chi connectivity index (χ1) is 13.7. The monoisotopic (exact) mass is 377 g/mol. The lowest BCUT2D eigenvalue weighted by Gasteiger charge is -2.20. The zero-order valence-corrected chi connectivity index (χ0v) is 15.8. The maximum absolute atomic E-state index is 12.6. The standard InChI is InChI=1S/C21H23N5O2/c1-15-7-10-26(23-15)21(27)24-13-16-11-18(12-17(16)14-24)28-20-6-3-2-5-19(20)25-9-4-8-22-25/h2-10,16-18H,11-14H2,1H3. The third kappa shape index (κ3) is 3.06. The Morgan fingerprint density at radius 2 is 1.86 bits per heavy atom. The molecular weight excluding hydrogens is 354 g/mol. The number of aryl methyl sites for hydroxylation is 1. The Balaban J connectivity index is 1.24. The Kier molecular flexibility index (Phi) is 4.15. The fourth-order valence-corrected chi connectivity index (χ4v) is 4.50. The third-order valence-corrected chi connectivity index (χ3v) is 5.81. The van der Waals surface area contributed by atoms with Crippen LogP contribution in [0.1, 0.15) is 18.5 Å². The van der Waals surface area contributed by atoms with Crippen molar-refractivity contribution in [1.29, 1.82) is 0 Å². The van der Waals surface area contributed by atoms with E-state index in [0.29, 0.717) is 11.8 Å². The van der Waals surface area contributed by atoms with E-state index >= 15 is 0 Å². The number of rotatable bonds is 3. The fraction of sp³-hybridized carbons (Fsp3) is 0.381. The number of amides is 1. The number of para-hydroxylation sites is 2. The first kappa shape index (κ1) is 17.0. The zero-order valence-electron chi connectivity index (χ0n) is 15.8. The van der Waals surface area contributed by atoms with Gasteiger partial charge in [-0.25, -0.2) is 9.48 Å². The van der Waals surface area contributed by atoms with Crippen LogP contribution in [0.4, 0.5) is 4.79 Å². The zero-order chi connectivity index (χ0) is 19.1. The molecule has 5 rings (SSSR count). The predicted molar refractivity (Wildman–Crippen MR) is 104 cm³/mol. The summed E-state index contributed by atoms with van der Waals surface area (Å²) < 4.78 is 9.65. The molecule has 1 saturated carbocycles. The molecule has 2 atom stereocenters. The SMILES string of the molecule is Cc1ccn(C(=O)N2CC3CC(Oc4ccccc4-n4cccn4)CC3C2)n1. The van der Waals surface area contributed by atoms with E-state index in [0.717, 1.165) is 43.1 Å². The summed E-state index contributed by atoms with van der Waals surface area (Å²) in [6.07, 6.45) is 7.55. The predicted octanol–water partition coefficient (Wildman–Crippen LogP) is 3.13. The molecule has 0 N–H and O–H groups in total. The second-order valence-electron chi connectivity index (χ2n) is 7.74. The van der Waals surface area contributed by atoms with Crippen LogP contribution in [0.25, 0.3) is 5.69 Å². The number of likely N-dealkylation sites (tertiary alicyclic amines) is 1. The van der Waals surface area contributed by atoms with E-state index in [1.54, 1.807) is 12.4 Å². The summed E-state index contributed by atoms with van der Waals surface area (Å²) in [4.78, 5) is 14.6. The molecule has 0 radical (unpaired) electrons. The van der Waals surface area contributed by atoms with E-state index < -0.39 is 0 Å². The molecule has 1 aliphatic heterocycles. The van der Waals surface area contributed by atoms with Crippen molar-refractivity contribution in [3.8, 4) is 11.4 Å². The van der Waals surface area contributed by atoms with Crippen molar-refractivity contribution in [2.24, 2.45) is 11.8 Å². The van der Waals surface area contributed by atoms with Gasteiger partial charge in [-0.05, 0) is 55.9 Å². The molecule has 28 heavy (non-hydrogen) atoms. The van der Waals surface area contributed by atoms with Crippen LogP contribution in [0.3, 0.4) is 0 Å². The average molecular weight is 377 g/mol. The number of ether oxygens (including phenoxy) is 1. The van der Waals surface area contributed by atoms with Crippen LogP contribution in [-0.4, -0.2) is 49.7 Å². The van der Waals surface area contributed by atoms with Gasteiger partial charge in [-0.15, -0.1) is 0 Å². The molecule has 0 spiro atoms. The molecule has 1 aromatic carbocycles. The maximum atomic E-state index is 12.6. The number of carbonyl (C=O) groups is 1. The number of hydrogen-bond acceptors (Lipinski definition) is 4. The van der Waals surface area contributed by atoms with E-state index in [1.807, 2.05) is 59.1 Å². The molecule has 3 aromatic rings. The summed E-state index contributed by atoms with van der Waals surface area (Å²) in [6.45, 7) is 3.46. The summed E-state index contributed by atoms with van der Waals surface area (Å²) in [5.41, 5.74) is 1.81. The molecule has 1 aliphatic carbocycles. The molecule has 3 heterocycles. The molecule has 7 heteroatoms. The fourth-order valence-electron chi connectivity index (χ4n) is 4.50. The molecule has 2 aliphatic rings. The van der Waals surface area contributed by atoms with Gasteiger partial charge < -0.3 is 9.64 Å². The van der Waals surface area contributed by atoms with Crippen LogP contribution in [-0.2, 0) is 0 Å². The number of carbonyl (C=O) groups excluding carboxylic acids is 1. The normalized spacial score (nSPS) is 23.8. The first-order valence-corrected chi connectivity index (χ1v) is 9.74. The van der Waals surface area contributed by atoms with E-state index in [-0.39, 0.29) is 12.1 Å². The van der Waals surface area contributed by atoms with Gasteiger partial charge >= 0.3 is 6.03 Å². The van der Waals surface area contributed by atoms with Gasteiger partial charge in [0.05, 0.1) is 11.8 Å². The molecule has 7 nitrogen and oxygen atoms in total. The number of fused-ring (bicyclic) bond motifs is 1. The van der Waals surface area contributed by atoms with Gasteiger partial charge in [0.25, 0.3) is 0 Å². The summed E-state index contributed by atoms with van der Waals surface area (Å²) in [5, 5.41) is 8.57. The van der Waals surface area contributed by atoms with E-state index in [9.17, 15) is 4.79 Å². The van der Waals surface area contributed by atoms with Crippen LogP contribution >= 0.6 is 0 Å². The van der Waals surface area contributed by atoms with Crippen LogP contribution in [0.15, 0.2) is 55.0 Å². The highest BCUT2D eigenvalue weighted by Gasteiger charge is 2.43. The summed E-state index contributed by atoms with van der Waals surface area (Å²) >= 11 is 0. The molecular formula is C21H23N5O2. The van der Waals surface area contributed by atoms with Crippen molar-refractivity contribution >= 4 is 6.03 Å².